The Balaban J connectivity index is 1.77. The number of amides is 1. The average Bonchev–Trinajstić information content (AvgIpc) is 2.60. The maximum Gasteiger partial charge on any atom is 0.274 e. The van der Waals surface area contributed by atoms with Crippen molar-refractivity contribution in [2.24, 2.45) is 0 Å². The summed E-state index contributed by atoms with van der Waals surface area (Å²) in [4.78, 5) is 20.7. The van der Waals surface area contributed by atoms with Gasteiger partial charge in [-0.3, -0.25) is 4.79 Å². The van der Waals surface area contributed by atoms with Crippen LogP contribution in [0.15, 0.2) is 54.7 Å². The largest absolute Gasteiger partial charge is 0.324 e. The quantitative estimate of drug-likeness (QED) is 0.748. The molecule has 1 amide bonds. The highest BCUT2D eigenvalue weighted by Crippen LogP contribution is 2.19. The van der Waals surface area contributed by atoms with Crippen molar-refractivity contribution in [3.63, 3.8) is 0 Å². The summed E-state index contributed by atoms with van der Waals surface area (Å²) >= 11 is 0. The molecule has 0 aliphatic heterocycles. The fraction of sp³-hybridized carbons (Fsp3) is 0.105. The zero-order chi connectivity index (χ0) is 17.8. The van der Waals surface area contributed by atoms with E-state index in [2.05, 4.69) is 20.6 Å². The number of nitrogens with zero attached hydrogens (tertiary/aromatic N) is 2. The molecule has 0 bridgehead atoms. The van der Waals surface area contributed by atoms with Crippen molar-refractivity contribution in [1.82, 2.24) is 9.97 Å². The first-order valence-corrected chi connectivity index (χ1v) is 7.75. The molecule has 0 fully saturated rings. The molecular weight excluding hydrogens is 319 g/mol. The number of carbonyl (C=O) groups is 1. The molecule has 0 saturated heterocycles. The summed E-state index contributed by atoms with van der Waals surface area (Å²) in [6.45, 7) is 3.98. The Morgan fingerprint density at radius 1 is 1.04 bits per heavy atom. The highest BCUT2D eigenvalue weighted by atomic mass is 19.1. The number of anilines is 3. The van der Waals surface area contributed by atoms with E-state index in [1.165, 1.54) is 36.5 Å². The summed E-state index contributed by atoms with van der Waals surface area (Å²) in [6, 6.07) is 13.1. The van der Waals surface area contributed by atoms with Crippen LogP contribution in [0.4, 0.5) is 21.7 Å². The topological polar surface area (TPSA) is 66.9 Å². The molecule has 2 aromatic carbocycles. The molecule has 0 radical (unpaired) electrons. The van der Waals surface area contributed by atoms with Gasteiger partial charge < -0.3 is 10.6 Å². The Bertz CT molecular complexity index is 910. The number of hydrogen-bond donors (Lipinski definition) is 2. The van der Waals surface area contributed by atoms with E-state index in [0.717, 1.165) is 16.8 Å². The lowest BCUT2D eigenvalue weighted by Crippen LogP contribution is -2.14. The summed E-state index contributed by atoms with van der Waals surface area (Å²) in [5.74, 6) is -0.418. The number of aryl methyl sites for hydroxylation is 2. The van der Waals surface area contributed by atoms with Crippen molar-refractivity contribution >= 4 is 23.2 Å². The van der Waals surface area contributed by atoms with E-state index in [-0.39, 0.29) is 11.5 Å². The highest BCUT2D eigenvalue weighted by molar-refractivity contribution is 6.02. The molecule has 126 valence electrons. The van der Waals surface area contributed by atoms with E-state index in [1.54, 1.807) is 0 Å². The number of hydrogen-bond acceptors (Lipinski definition) is 4. The molecule has 0 atom stereocenters. The van der Waals surface area contributed by atoms with Crippen LogP contribution in [-0.4, -0.2) is 15.9 Å². The maximum absolute atomic E-state index is 12.9. The Labute approximate surface area is 145 Å². The Morgan fingerprint density at radius 2 is 1.80 bits per heavy atom. The monoisotopic (exact) mass is 336 g/mol. The molecule has 0 aliphatic carbocycles. The van der Waals surface area contributed by atoms with Gasteiger partial charge in [-0.1, -0.05) is 12.1 Å². The smallest absolute Gasteiger partial charge is 0.274 e. The Hall–Kier alpha value is -3.28. The third kappa shape index (κ3) is 4.17. The van der Waals surface area contributed by atoms with Gasteiger partial charge in [0.05, 0.1) is 0 Å². The van der Waals surface area contributed by atoms with Crippen LogP contribution in [-0.2, 0) is 0 Å². The van der Waals surface area contributed by atoms with E-state index in [0.29, 0.717) is 11.6 Å². The number of aromatic nitrogens is 2. The Morgan fingerprint density at radius 3 is 2.56 bits per heavy atom. The SMILES string of the molecule is Cc1ccc(C)c(Nc2nccc(C(=O)Nc3ccc(F)cc3)n2)c1. The zero-order valence-corrected chi connectivity index (χ0v) is 13.9. The second-order valence-electron chi connectivity index (χ2n) is 5.67. The molecule has 0 aliphatic rings. The van der Waals surface area contributed by atoms with Gasteiger partial charge in [0.25, 0.3) is 5.91 Å². The van der Waals surface area contributed by atoms with Crippen molar-refractivity contribution in [2.45, 2.75) is 13.8 Å². The lowest BCUT2D eigenvalue weighted by Gasteiger charge is -2.10. The standard InChI is InChI=1S/C19H17FN4O/c1-12-3-4-13(2)17(11-12)24-19-21-10-9-16(23-19)18(25)22-15-7-5-14(20)6-8-15/h3-11H,1-2H3,(H,22,25)(H,21,23,24). The van der Waals surface area contributed by atoms with Gasteiger partial charge in [0.1, 0.15) is 11.5 Å². The van der Waals surface area contributed by atoms with Gasteiger partial charge in [0.15, 0.2) is 0 Å². The fourth-order valence-corrected chi connectivity index (χ4v) is 2.26. The van der Waals surface area contributed by atoms with Crippen molar-refractivity contribution < 1.29 is 9.18 Å². The first-order valence-electron chi connectivity index (χ1n) is 7.75. The predicted molar refractivity (Wildman–Crippen MR) is 95.6 cm³/mol. The van der Waals surface area contributed by atoms with Crippen LogP contribution in [0.25, 0.3) is 0 Å². The Kier molecular flexibility index (Phi) is 4.70. The first kappa shape index (κ1) is 16.6. The van der Waals surface area contributed by atoms with Crippen LogP contribution in [0.5, 0.6) is 0 Å². The van der Waals surface area contributed by atoms with Crippen LogP contribution in [0.2, 0.25) is 0 Å². The third-order valence-electron chi connectivity index (χ3n) is 3.63. The lowest BCUT2D eigenvalue weighted by molar-refractivity contribution is 0.102. The molecule has 1 heterocycles. The van der Waals surface area contributed by atoms with Gasteiger partial charge in [-0.05, 0) is 61.4 Å². The van der Waals surface area contributed by atoms with Gasteiger partial charge in [-0.15, -0.1) is 0 Å². The summed E-state index contributed by atoms with van der Waals surface area (Å²) in [7, 11) is 0. The summed E-state index contributed by atoms with van der Waals surface area (Å²) in [5.41, 5.74) is 3.76. The molecule has 0 spiro atoms. The van der Waals surface area contributed by atoms with E-state index in [4.69, 9.17) is 0 Å². The van der Waals surface area contributed by atoms with Crippen LogP contribution in [0.3, 0.4) is 0 Å². The number of carbonyl (C=O) groups excluding carboxylic acids is 1. The number of benzene rings is 2. The molecule has 5 nitrogen and oxygen atoms in total. The van der Waals surface area contributed by atoms with Crippen LogP contribution >= 0.6 is 0 Å². The van der Waals surface area contributed by atoms with E-state index >= 15 is 0 Å². The predicted octanol–water partition coefficient (Wildman–Crippen LogP) is 4.23. The van der Waals surface area contributed by atoms with E-state index in [1.807, 2.05) is 32.0 Å². The first-order chi connectivity index (χ1) is 12.0. The average molecular weight is 336 g/mol. The number of rotatable bonds is 4. The summed E-state index contributed by atoms with van der Waals surface area (Å²) < 4.78 is 12.9. The maximum atomic E-state index is 12.9. The third-order valence-corrected chi connectivity index (χ3v) is 3.63. The second-order valence-corrected chi connectivity index (χ2v) is 5.67. The van der Waals surface area contributed by atoms with Gasteiger partial charge in [-0.2, -0.15) is 0 Å². The van der Waals surface area contributed by atoms with Gasteiger partial charge in [0, 0.05) is 17.6 Å². The van der Waals surface area contributed by atoms with Crippen molar-refractivity contribution in [3.05, 3.63) is 77.4 Å². The molecule has 2 N–H and O–H groups in total. The molecule has 6 heteroatoms. The highest BCUT2D eigenvalue weighted by Gasteiger charge is 2.10. The molecule has 3 rings (SSSR count). The van der Waals surface area contributed by atoms with E-state index in [9.17, 15) is 9.18 Å². The van der Waals surface area contributed by atoms with E-state index < -0.39 is 5.91 Å². The zero-order valence-electron chi connectivity index (χ0n) is 13.9. The van der Waals surface area contributed by atoms with Crippen molar-refractivity contribution in [3.8, 4) is 0 Å². The fourth-order valence-electron chi connectivity index (χ4n) is 2.26. The minimum atomic E-state index is -0.391. The lowest BCUT2D eigenvalue weighted by atomic mass is 10.1. The summed E-state index contributed by atoms with van der Waals surface area (Å²) in [5, 5.41) is 5.80. The van der Waals surface area contributed by atoms with Crippen molar-refractivity contribution in [2.75, 3.05) is 10.6 Å². The van der Waals surface area contributed by atoms with Gasteiger partial charge in [-0.25, -0.2) is 14.4 Å². The van der Waals surface area contributed by atoms with Crippen LogP contribution < -0.4 is 10.6 Å². The van der Waals surface area contributed by atoms with Gasteiger partial charge in [0.2, 0.25) is 5.95 Å². The molecule has 25 heavy (non-hydrogen) atoms. The molecule has 0 unspecified atom stereocenters. The molecule has 1 aromatic heterocycles. The van der Waals surface area contributed by atoms with Gasteiger partial charge >= 0.3 is 0 Å². The molecule has 0 saturated carbocycles. The minimum Gasteiger partial charge on any atom is -0.324 e. The number of halogens is 1. The molecular formula is C19H17FN4O. The number of nitrogens with one attached hydrogen (secondary N) is 2. The van der Waals surface area contributed by atoms with Crippen LogP contribution in [0, 0.1) is 19.7 Å². The normalized spacial score (nSPS) is 10.4. The summed E-state index contributed by atoms with van der Waals surface area (Å²) in [6.07, 6.45) is 1.51. The second kappa shape index (κ2) is 7.09. The van der Waals surface area contributed by atoms with Crippen molar-refractivity contribution in [1.29, 1.82) is 0 Å². The molecule has 3 aromatic rings. The van der Waals surface area contributed by atoms with Crippen LogP contribution in [0.1, 0.15) is 21.6 Å². The minimum absolute atomic E-state index is 0.215.